The molecule has 1 fully saturated rings. The second-order valence-corrected chi connectivity index (χ2v) is 3.71. The Labute approximate surface area is 141 Å². The Balaban J connectivity index is -0.000000289. The minimum atomic E-state index is -1.83. The van der Waals surface area contributed by atoms with Crippen molar-refractivity contribution < 1.29 is 67.8 Å². The van der Waals surface area contributed by atoms with E-state index in [-0.39, 0.29) is 52.8 Å². The molecule has 16 heavy (non-hydrogen) atoms. The monoisotopic (exact) mass is 258 g/mol. The van der Waals surface area contributed by atoms with Gasteiger partial charge >= 0.3 is 57.5 Å². The predicted molar refractivity (Wildman–Crippen MR) is 60.3 cm³/mol. The van der Waals surface area contributed by atoms with E-state index in [4.69, 9.17) is 20.7 Å². The molecule has 0 bridgehead atoms. The fourth-order valence-corrected chi connectivity index (χ4v) is 1.71. The summed E-state index contributed by atoms with van der Waals surface area (Å²) in [5, 5.41) is 17.5. The first-order chi connectivity index (χ1) is 7.16. The van der Waals surface area contributed by atoms with Crippen molar-refractivity contribution in [1.29, 1.82) is 0 Å². The summed E-state index contributed by atoms with van der Waals surface area (Å²) in [6.07, 6.45) is 6.32. The van der Waals surface area contributed by atoms with E-state index in [1.807, 2.05) is 0 Å². The maximum Gasteiger partial charge on any atom is 1.00 e. The molecule has 0 radical (unpaired) electrons. The van der Waals surface area contributed by atoms with Crippen LogP contribution in [0, 0.1) is 0 Å². The van der Waals surface area contributed by atoms with Gasteiger partial charge in [-0.15, -0.1) is 0 Å². The van der Waals surface area contributed by atoms with Crippen LogP contribution in [0.25, 0.3) is 0 Å². The third-order valence-electron chi connectivity index (χ3n) is 2.42. The largest absolute Gasteiger partial charge is 1.00 e. The van der Waals surface area contributed by atoms with Crippen LogP contribution in [-0.2, 0) is 0 Å². The van der Waals surface area contributed by atoms with Gasteiger partial charge in [0.2, 0.25) is 0 Å². The van der Waals surface area contributed by atoms with E-state index in [9.17, 15) is 0 Å². The van der Waals surface area contributed by atoms with Crippen LogP contribution in [0.2, 0.25) is 0 Å². The normalized spacial score (nSPS) is 15.6. The van der Waals surface area contributed by atoms with Crippen molar-refractivity contribution in [1.82, 2.24) is 5.32 Å². The van der Waals surface area contributed by atoms with Crippen LogP contribution < -0.4 is 62.4 Å². The molecule has 5 N–H and O–H groups in total. The van der Waals surface area contributed by atoms with E-state index in [1.165, 1.54) is 32.1 Å². The molecule has 5 nitrogen and oxygen atoms in total. The molecule has 0 aromatic heterocycles. The standard InChI is InChI=1S/C9H20N2.CH2O3.K.H/c10-7-4-8-11-9-5-2-1-3-6-9;2-1(3)4;;/h9,11H,1-8,10H2;(H2,2,3,4);;/q;;+1;-1. The maximum atomic E-state index is 8.56. The zero-order valence-electron chi connectivity index (χ0n) is 11.1. The van der Waals surface area contributed by atoms with Crippen LogP contribution in [0.3, 0.4) is 0 Å². The Morgan fingerprint density at radius 3 is 2.25 bits per heavy atom. The minimum Gasteiger partial charge on any atom is -1.00 e. The molecule has 1 rings (SSSR count). The van der Waals surface area contributed by atoms with Crippen molar-refractivity contribution in [3.63, 3.8) is 0 Å². The molecule has 0 amide bonds. The van der Waals surface area contributed by atoms with E-state index in [2.05, 4.69) is 5.32 Å². The molecule has 0 aliphatic heterocycles. The molecule has 0 spiro atoms. The first-order valence-electron chi connectivity index (χ1n) is 5.52. The Morgan fingerprint density at radius 1 is 1.31 bits per heavy atom. The number of nitrogens with two attached hydrogens (primary N) is 1. The van der Waals surface area contributed by atoms with Gasteiger partial charge in [-0.25, -0.2) is 4.79 Å². The van der Waals surface area contributed by atoms with Gasteiger partial charge in [0, 0.05) is 6.04 Å². The molecule has 0 unspecified atom stereocenters. The first kappa shape index (κ1) is 19.2. The zero-order valence-corrected chi connectivity index (χ0v) is 13.2. The molecular formula is C10H23KN2O3. The Kier molecular flexibility index (Phi) is 16.6. The number of rotatable bonds is 4. The van der Waals surface area contributed by atoms with Crippen molar-refractivity contribution in [2.75, 3.05) is 13.1 Å². The summed E-state index contributed by atoms with van der Waals surface area (Å²) in [7, 11) is 0. The quantitative estimate of drug-likeness (QED) is 0.367. The van der Waals surface area contributed by atoms with Crippen LogP contribution in [0.15, 0.2) is 0 Å². The molecule has 6 heteroatoms. The van der Waals surface area contributed by atoms with Crippen LogP contribution in [-0.4, -0.2) is 35.5 Å². The molecule has 92 valence electrons. The molecule has 1 aliphatic rings. The summed E-state index contributed by atoms with van der Waals surface area (Å²) in [5.41, 5.74) is 5.40. The molecule has 1 aliphatic carbocycles. The summed E-state index contributed by atoms with van der Waals surface area (Å²) in [5.74, 6) is 0. The molecule has 0 atom stereocenters. The van der Waals surface area contributed by atoms with Crippen LogP contribution >= 0.6 is 0 Å². The van der Waals surface area contributed by atoms with Gasteiger partial charge in [-0.1, -0.05) is 19.3 Å². The molecule has 0 heterocycles. The average molecular weight is 258 g/mol. The number of hydrogen-bond donors (Lipinski definition) is 4. The fourth-order valence-electron chi connectivity index (χ4n) is 1.71. The third kappa shape index (κ3) is 14.8. The molecular weight excluding hydrogens is 235 g/mol. The SMILES string of the molecule is NCCCNC1CCCCC1.O=C(O)O.[H-].[K+]. The predicted octanol–water partition coefficient (Wildman–Crippen LogP) is -1.40. The van der Waals surface area contributed by atoms with E-state index in [0.717, 1.165) is 25.6 Å². The van der Waals surface area contributed by atoms with Crippen molar-refractivity contribution >= 4 is 6.16 Å². The molecule has 0 aromatic rings. The second kappa shape index (κ2) is 13.9. The minimum absolute atomic E-state index is 0. The van der Waals surface area contributed by atoms with Crippen LogP contribution in [0.1, 0.15) is 40.0 Å². The molecule has 1 saturated carbocycles. The van der Waals surface area contributed by atoms with Crippen molar-refractivity contribution in [3.05, 3.63) is 0 Å². The maximum absolute atomic E-state index is 8.56. The molecule has 0 aromatic carbocycles. The van der Waals surface area contributed by atoms with Gasteiger partial charge in [-0.3, -0.25) is 0 Å². The van der Waals surface area contributed by atoms with Gasteiger partial charge in [0.1, 0.15) is 0 Å². The Hall–Kier alpha value is 0.826. The van der Waals surface area contributed by atoms with Gasteiger partial charge in [0.15, 0.2) is 0 Å². The molecule has 0 saturated heterocycles. The van der Waals surface area contributed by atoms with E-state index in [0.29, 0.717) is 0 Å². The van der Waals surface area contributed by atoms with Crippen LogP contribution in [0.5, 0.6) is 0 Å². The van der Waals surface area contributed by atoms with Gasteiger partial charge in [0.25, 0.3) is 0 Å². The van der Waals surface area contributed by atoms with E-state index < -0.39 is 6.16 Å². The topological polar surface area (TPSA) is 95.6 Å². The van der Waals surface area contributed by atoms with Crippen molar-refractivity contribution in [2.24, 2.45) is 5.73 Å². The van der Waals surface area contributed by atoms with Crippen molar-refractivity contribution in [3.8, 4) is 0 Å². The van der Waals surface area contributed by atoms with Gasteiger partial charge in [-0.05, 0) is 32.4 Å². The average Bonchev–Trinajstić information content (AvgIpc) is 2.19. The first-order valence-corrected chi connectivity index (χ1v) is 5.52. The number of carbonyl (C=O) groups is 1. The van der Waals surface area contributed by atoms with Gasteiger partial charge in [0.05, 0.1) is 0 Å². The third-order valence-corrected chi connectivity index (χ3v) is 2.42. The summed E-state index contributed by atoms with van der Waals surface area (Å²) < 4.78 is 0. The Bertz CT molecular complexity index is 166. The summed E-state index contributed by atoms with van der Waals surface area (Å²) in [6, 6.07) is 0.801. The van der Waals surface area contributed by atoms with E-state index in [1.54, 1.807) is 0 Å². The van der Waals surface area contributed by atoms with Gasteiger partial charge < -0.3 is 22.7 Å². The van der Waals surface area contributed by atoms with Crippen LogP contribution in [0.4, 0.5) is 4.79 Å². The number of carboxylic acid groups (broad SMARTS) is 2. The second-order valence-electron chi connectivity index (χ2n) is 3.71. The van der Waals surface area contributed by atoms with Gasteiger partial charge in [-0.2, -0.15) is 0 Å². The van der Waals surface area contributed by atoms with E-state index >= 15 is 0 Å². The smallest absolute Gasteiger partial charge is 1.00 e. The fraction of sp³-hybridized carbons (Fsp3) is 0.900. The van der Waals surface area contributed by atoms with Crippen molar-refractivity contribution in [2.45, 2.75) is 44.6 Å². The zero-order chi connectivity index (χ0) is 11.5. The Morgan fingerprint density at radius 2 is 1.81 bits per heavy atom. The number of nitrogens with one attached hydrogen (secondary N) is 1. The summed E-state index contributed by atoms with van der Waals surface area (Å²) >= 11 is 0. The summed E-state index contributed by atoms with van der Waals surface area (Å²) in [6.45, 7) is 1.93. The summed E-state index contributed by atoms with van der Waals surface area (Å²) in [4.78, 5) is 8.56. The number of hydrogen-bond acceptors (Lipinski definition) is 3.